The van der Waals surface area contributed by atoms with Crippen LogP contribution in [0.5, 0.6) is 0 Å². The normalized spacial score (nSPS) is 17.7. The summed E-state index contributed by atoms with van der Waals surface area (Å²) in [6.07, 6.45) is -2.38. The van der Waals surface area contributed by atoms with Crippen LogP contribution in [-0.4, -0.2) is 73.4 Å². The van der Waals surface area contributed by atoms with E-state index in [1.54, 1.807) is 35.1 Å². The minimum absolute atomic E-state index is 0.0459. The Morgan fingerprint density at radius 1 is 1.19 bits per heavy atom. The van der Waals surface area contributed by atoms with Crippen LogP contribution < -0.4 is 0 Å². The lowest BCUT2D eigenvalue weighted by atomic mass is 10.1. The number of hydrogen-bond acceptors (Lipinski definition) is 8. The first-order chi connectivity index (χ1) is 14.6. The van der Waals surface area contributed by atoms with Crippen molar-refractivity contribution in [2.75, 3.05) is 34.8 Å². The van der Waals surface area contributed by atoms with Gasteiger partial charge in [-0.15, -0.1) is 0 Å². The van der Waals surface area contributed by atoms with E-state index in [9.17, 15) is 19.3 Å². The summed E-state index contributed by atoms with van der Waals surface area (Å²) in [7, 11) is 2.56. The van der Waals surface area contributed by atoms with Crippen molar-refractivity contribution in [1.82, 2.24) is 9.34 Å². The number of carbonyl (C=O) groups is 2. The van der Waals surface area contributed by atoms with Gasteiger partial charge in [0.2, 0.25) is 6.10 Å². The van der Waals surface area contributed by atoms with Gasteiger partial charge >= 0.3 is 19.6 Å². The molecule has 0 bridgehead atoms. The van der Waals surface area contributed by atoms with E-state index in [1.807, 2.05) is 30.3 Å². The highest BCUT2D eigenvalue weighted by molar-refractivity contribution is 7.54. The van der Waals surface area contributed by atoms with Crippen LogP contribution in [0.1, 0.15) is 18.9 Å². The van der Waals surface area contributed by atoms with Crippen molar-refractivity contribution in [2.24, 2.45) is 0 Å². The number of nitrogens with zero attached hydrogens (tertiary/aromatic N) is 2. The van der Waals surface area contributed by atoms with Gasteiger partial charge in [-0.3, -0.25) is 4.79 Å². The summed E-state index contributed by atoms with van der Waals surface area (Å²) in [6.45, 7) is 1.03. The smallest absolute Gasteiger partial charge is 0.395 e. The van der Waals surface area contributed by atoms with Crippen LogP contribution in [-0.2, 0) is 39.5 Å². The molecule has 1 N–H and O–H groups in total. The highest BCUT2D eigenvalue weighted by Crippen LogP contribution is 2.54. The average Bonchev–Trinajstić information content (AvgIpc) is 3.05. The van der Waals surface area contributed by atoms with Crippen LogP contribution in [0.2, 0.25) is 0 Å². The van der Waals surface area contributed by atoms with E-state index in [2.05, 4.69) is 0 Å². The predicted octanol–water partition coefficient (Wildman–Crippen LogP) is 1.90. The van der Waals surface area contributed by atoms with Gasteiger partial charge in [-0.25, -0.2) is 18.7 Å². The lowest BCUT2D eigenvalue weighted by Crippen LogP contribution is -2.36. The molecule has 0 spiro atoms. The zero-order valence-electron chi connectivity index (χ0n) is 18.3. The van der Waals surface area contributed by atoms with Gasteiger partial charge in [-0.05, 0) is 33.8 Å². The maximum atomic E-state index is 13.3. The van der Waals surface area contributed by atoms with Crippen LogP contribution in [0.4, 0.5) is 0 Å². The number of benzene rings is 1. The van der Waals surface area contributed by atoms with Crippen LogP contribution >= 0.6 is 7.67 Å². The van der Waals surface area contributed by atoms with Crippen molar-refractivity contribution in [1.29, 1.82) is 0 Å². The molecule has 172 valence electrons. The predicted molar refractivity (Wildman–Crippen MR) is 111 cm³/mol. The number of carbonyl (C=O) groups excluding carboxylic acids is 2. The fraction of sp³-hybridized carbons (Fsp3) is 0.500. The van der Waals surface area contributed by atoms with Gasteiger partial charge in [-0.1, -0.05) is 37.3 Å². The van der Waals surface area contributed by atoms with Gasteiger partial charge in [-0.2, -0.15) is 0 Å². The largest absolute Gasteiger partial charge is 0.485 e. The molecule has 1 aliphatic rings. The number of hydrogen-bond donors (Lipinski definition) is 1. The van der Waals surface area contributed by atoms with E-state index in [1.165, 1.54) is 9.34 Å². The molecule has 0 saturated carbocycles. The van der Waals surface area contributed by atoms with Crippen molar-refractivity contribution in [3.05, 3.63) is 47.4 Å². The fourth-order valence-corrected chi connectivity index (χ4v) is 4.19. The number of aliphatic hydroxyl groups is 1. The summed E-state index contributed by atoms with van der Waals surface area (Å²) < 4.78 is 38.0. The second-order valence-corrected chi connectivity index (χ2v) is 9.90. The molecule has 11 heteroatoms. The van der Waals surface area contributed by atoms with E-state index in [4.69, 9.17) is 18.7 Å². The maximum absolute atomic E-state index is 13.3. The third kappa shape index (κ3) is 5.86. The van der Waals surface area contributed by atoms with Crippen molar-refractivity contribution >= 4 is 19.6 Å². The highest BCUT2D eigenvalue weighted by atomic mass is 31.2. The summed E-state index contributed by atoms with van der Waals surface area (Å²) in [5, 5.41) is 9.76. The molecule has 2 atom stereocenters. The second-order valence-electron chi connectivity index (χ2n) is 7.13. The SMILES string of the molecule is CCC(=O)OC(CO)C1OC(=O)C(OP(=O)(N(C)C)N(C)C)=C1OCc1ccccc1. The Bertz CT molecular complexity index is 844. The van der Waals surface area contributed by atoms with E-state index < -0.39 is 44.2 Å². The Kier molecular flexibility index (Phi) is 8.64. The van der Waals surface area contributed by atoms with E-state index in [-0.39, 0.29) is 18.8 Å². The first-order valence-electron chi connectivity index (χ1n) is 9.71. The zero-order valence-corrected chi connectivity index (χ0v) is 19.2. The lowest BCUT2D eigenvalue weighted by molar-refractivity contribution is -0.165. The number of rotatable bonds is 11. The summed E-state index contributed by atoms with van der Waals surface area (Å²) in [6, 6.07) is 9.13. The average molecular weight is 456 g/mol. The molecular weight excluding hydrogens is 427 g/mol. The fourth-order valence-electron chi connectivity index (χ4n) is 2.75. The molecule has 2 unspecified atom stereocenters. The molecule has 0 aromatic heterocycles. The first-order valence-corrected chi connectivity index (χ1v) is 11.2. The van der Waals surface area contributed by atoms with Gasteiger partial charge in [0.15, 0.2) is 11.9 Å². The van der Waals surface area contributed by atoms with Crippen molar-refractivity contribution in [3.8, 4) is 0 Å². The van der Waals surface area contributed by atoms with Gasteiger partial charge in [0.1, 0.15) is 6.61 Å². The standard InChI is InChI=1S/C20H29N2O8P/c1-6-16(24)28-15(12-23)17-18(27-13-14-10-8-7-9-11-14)19(20(25)29-17)30-31(26,21(2)3)22(4)5/h7-11,15,17,23H,6,12-13H2,1-5H3. The summed E-state index contributed by atoms with van der Waals surface area (Å²) in [4.78, 5) is 24.4. The Morgan fingerprint density at radius 2 is 1.81 bits per heavy atom. The van der Waals surface area contributed by atoms with Crippen LogP contribution in [0.15, 0.2) is 41.9 Å². The van der Waals surface area contributed by atoms with Crippen molar-refractivity contribution in [2.45, 2.75) is 32.2 Å². The van der Waals surface area contributed by atoms with E-state index in [0.29, 0.717) is 0 Å². The molecule has 1 aromatic rings. The molecule has 0 amide bonds. The molecule has 2 rings (SSSR count). The zero-order chi connectivity index (χ0) is 23.2. The Hall–Kier alpha value is -2.39. The number of esters is 2. The third-order valence-electron chi connectivity index (χ3n) is 4.45. The Labute approximate surface area is 181 Å². The van der Waals surface area contributed by atoms with Gasteiger partial charge in [0.05, 0.1) is 6.61 Å². The number of ether oxygens (including phenoxy) is 3. The topological polar surface area (TPSA) is 115 Å². The monoisotopic (exact) mass is 456 g/mol. The van der Waals surface area contributed by atoms with Gasteiger partial charge in [0, 0.05) is 6.42 Å². The van der Waals surface area contributed by atoms with Gasteiger partial charge < -0.3 is 23.8 Å². The number of cyclic esters (lactones) is 1. The molecule has 1 aromatic carbocycles. The molecule has 0 aliphatic carbocycles. The minimum Gasteiger partial charge on any atom is -0.485 e. The third-order valence-corrected chi connectivity index (χ3v) is 6.89. The van der Waals surface area contributed by atoms with Crippen LogP contribution in [0.3, 0.4) is 0 Å². The Balaban J connectivity index is 2.44. The molecule has 0 fully saturated rings. The summed E-state index contributed by atoms with van der Waals surface area (Å²) in [5.74, 6) is -2.00. The van der Waals surface area contributed by atoms with Crippen molar-refractivity contribution in [3.63, 3.8) is 0 Å². The molecule has 0 radical (unpaired) electrons. The molecule has 1 aliphatic heterocycles. The maximum Gasteiger partial charge on any atom is 0.395 e. The van der Waals surface area contributed by atoms with Crippen LogP contribution in [0, 0.1) is 0 Å². The molecular formula is C20H29N2O8P. The molecule has 1 heterocycles. The molecule has 0 saturated heterocycles. The van der Waals surface area contributed by atoms with Crippen molar-refractivity contribution < 1.29 is 38.0 Å². The lowest BCUT2D eigenvalue weighted by Gasteiger charge is -2.29. The number of aliphatic hydroxyl groups excluding tert-OH is 1. The summed E-state index contributed by atoms with van der Waals surface area (Å²) >= 11 is 0. The minimum atomic E-state index is -3.62. The Morgan fingerprint density at radius 3 is 2.32 bits per heavy atom. The van der Waals surface area contributed by atoms with E-state index in [0.717, 1.165) is 5.56 Å². The van der Waals surface area contributed by atoms with Crippen LogP contribution in [0.25, 0.3) is 0 Å². The van der Waals surface area contributed by atoms with Gasteiger partial charge in [0.25, 0.3) is 5.76 Å². The molecule has 31 heavy (non-hydrogen) atoms. The quantitative estimate of drug-likeness (QED) is 0.391. The summed E-state index contributed by atoms with van der Waals surface area (Å²) in [5.41, 5.74) is 0.793. The first kappa shape index (κ1) is 24.9. The highest BCUT2D eigenvalue weighted by Gasteiger charge is 2.47. The second kappa shape index (κ2) is 10.8. The molecule has 10 nitrogen and oxygen atoms in total. The van der Waals surface area contributed by atoms with E-state index >= 15 is 0 Å².